The van der Waals surface area contributed by atoms with Crippen LogP contribution in [0.3, 0.4) is 0 Å². The number of fused-ring (bicyclic) bond motifs is 1. The molecule has 0 saturated heterocycles. The Labute approximate surface area is 119 Å². The average Bonchev–Trinajstić information content (AvgIpc) is 2.72. The lowest BCUT2D eigenvalue weighted by molar-refractivity contribution is 0.131. The number of pyridine rings is 1. The molecular formula is C17H19NO2. The van der Waals surface area contributed by atoms with Gasteiger partial charge in [0.15, 0.2) is 0 Å². The Balaban J connectivity index is 2.00. The SMILES string of the molecule is Cc1ccc(C(O)c2cccc3c2OC(C)(C)C3)cn1. The Morgan fingerprint density at radius 2 is 2.05 bits per heavy atom. The zero-order valence-electron chi connectivity index (χ0n) is 12.1. The van der Waals surface area contributed by atoms with E-state index in [9.17, 15) is 5.11 Å². The largest absolute Gasteiger partial charge is 0.487 e. The maximum absolute atomic E-state index is 10.6. The second-order valence-corrected chi connectivity index (χ2v) is 6.01. The lowest BCUT2D eigenvalue weighted by Gasteiger charge is -2.20. The van der Waals surface area contributed by atoms with E-state index < -0.39 is 6.10 Å². The Kier molecular flexibility index (Phi) is 3.02. The highest BCUT2D eigenvalue weighted by Crippen LogP contribution is 2.41. The highest BCUT2D eigenvalue weighted by atomic mass is 16.5. The molecule has 3 nitrogen and oxygen atoms in total. The first-order valence-corrected chi connectivity index (χ1v) is 6.88. The third kappa shape index (κ3) is 2.29. The average molecular weight is 269 g/mol. The maximum Gasteiger partial charge on any atom is 0.129 e. The lowest BCUT2D eigenvalue weighted by atomic mass is 9.97. The molecule has 1 atom stereocenters. The van der Waals surface area contributed by atoms with Gasteiger partial charge >= 0.3 is 0 Å². The monoisotopic (exact) mass is 269 g/mol. The van der Waals surface area contributed by atoms with Crippen LogP contribution < -0.4 is 4.74 Å². The van der Waals surface area contributed by atoms with Gasteiger partial charge < -0.3 is 9.84 Å². The van der Waals surface area contributed by atoms with E-state index in [4.69, 9.17) is 4.74 Å². The topological polar surface area (TPSA) is 42.4 Å². The number of aromatic nitrogens is 1. The highest BCUT2D eigenvalue weighted by Gasteiger charge is 2.33. The van der Waals surface area contributed by atoms with Gasteiger partial charge in [0.05, 0.1) is 0 Å². The van der Waals surface area contributed by atoms with Crippen LogP contribution in [0, 0.1) is 6.92 Å². The minimum Gasteiger partial charge on any atom is -0.487 e. The van der Waals surface area contributed by atoms with Crippen molar-refractivity contribution in [3.8, 4) is 5.75 Å². The van der Waals surface area contributed by atoms with Crippen LogP contribution in [-0.2, 0) is 6.42 Å². The van der Waals surface area contributed by atoms with Gasteiger partial charge in [0.25, 0.3) is 0 Å². The van der Waals surface area contributed by atoms with E-state index in [-0.39, 0.29) is 5.60 Å². The fourth-order valence-corrected chi connectivity index (χ4v) is 2.68. The molecule has 104 valence electrons. The van der Waals surface area contributed by atoms with Gasteiger partial charge in [-0.3, -0.25) is 4.98 Å². The minimum absolute atomic E-state index is 0.205. The van der Waals surface area contributed by atoms with Crippen molar-refractivity contribution in [3.63, 3.8) is 0 Å². The summed E-state index contributed by atoms with van der Waals surface area (Å²) >= 11 is 0. The molecule has 0 fully saturated rings. The number of aryl methyl sites for hydroxylation is 1. The third-order valence-corrected chi connectivity index (χ3v) is 3.67. The smallest absolute Gasteiger partial charge is 0.129 e. The first-order chi connectivity index (χ1) is 9.46. The molecule has 0 radical (unpaired) electrons. The summed E-state index contributed by atoms with van der Waals surface area (Å²) in [6, 6.07) is 9.78. The van der Waals surface area contributed by atoms with Gasteiger partial charge in [0.1, 0.15) is 17.5 Å². The molecule has 1 aliphatic rings. The summed E-state index contributed by atoms with van der Waals surface area (Å²) in [5.41, 5.74) is 3.50. The first kappa shape index (κ1) is 13.1. The predicted molar refractivity (Wildman–Crippen MR) is 77.9 cm³/mol. The number of rotatable bonds is 2. The van der Waals surface area contributed by atoms with Gasteiger partial charge in [-0.15, -0.1) is 0 Å². The third-order valence-electron chi connectivity index (χ3n) is 3.67. The van der Waals surface area contributed by atoms with Crippen LogP contribution in [0.15, 0.2) is 36.5 Å². The van der Waals surface area contributed by atoms with E-state index in [1.165, 1.54) is 0 Å². The number of hydrogen-bond acceptors (Lipinski definition) is 3. The summed E-state index contributed by atoms with van der Waals surface area (Å²) in [5.74, 6) is 0.825. The fraction of sp³-hybridized carbons (Fsp3) is 0.353. The number of benzene rings is 1. The van der Waals surface area contributed by atoms with Crippen molar-refractivity contribution in [2.24, 2.45) is 0 Å². The van der Waals surface area contributed by atoms with Crippen LogP contribution in [0.1, 0.15) is 42.3 Å². The summed E-state index contributed by atoms with van der Waals surface area (Å²) in [6.45, 7) is 6.06. The van der Waals surface area contributed by atoms with Gasteiger partial charge in [0, 0.05) is 29.4 Å². The van der Waals surface area contributed by atoms with Crippen molar-refractivity contribution >= 4 is 0 Å². The molecule has 1 unspecified atom stereocenters. The number of ether oxygens (including phenoxy) is 1. The van der Waals surface area contributed by atoms with Crippen LogP contribution >= 0.6 is 0 Å². The van der Waals surface area contributed by atoms with Crippen molar-refractivity contribution in [3.05, 3.63) is 58.9 Å². The van der Waals surface area contributed by atoms with E-state index in [0.717, 1.165) is 34.6 Å². The molecule has 20 heavy (non-hydrogen) atoms. The van der Waals surface area contributed by atoms with Crippen molar-refractivity contribution in [1.82, 2.24) is 4.98 Å². The second-order valence-electron chi connectivity index (χ2n) is 6.01. The molecule has 1 aromatic carbocycles. The minimum atomic E-state index is -0.702. The molecule has 2 aromatic rings. The van der Waals surface area contributed by atoms with Crippen LogP contribution in [0.4, 0.5) is 0 Å². The number of aliphatic hydroxyl groups excluding tert-OH is 1. The molecule has 1 N–H and O–H groups in total. The molecule has 0 amide bonds. The normalized spacial score (nSPS) is 17.4. The number of nitrogens with zero attached hydrogens (tertiary/aromatic N) is 1. The molecule has 2 heterocycles. The molecular weight excluding hydrogens is 250 g/mol. The highest BCUT2D eigenvalue weighted by molar-refractivity contribution is 5.49. The summed E-state index contributed by atoms with van der Waals surface area (Å²) < 4.78 is 6.01. The van der Waals surface area contributed by atoms with Gasteiger partial charge in [-0.25, -0.2) is 0 Å². The maximum atomic E-state index is 10.6. The van der Waals surface area contributed by atoms with Gasteiger partial charge in [-0.05, 0) is 32.4 Å². The zero-order chi connectivity index (χ0) is 14.3. The van der Waals surface area contributed by atoms with Crippen molar-refractivity contribution in [2.75, 3.05) is 0 Å². The van der Waals surface area contributed by atoms with E-state index in [1.807, 2.05) is 31.2 Å². The zero-order valence-corrected chi connectivity index (χ0v) is 12.1. The summed E-state index contributed by atoms with van der Waals surface area (Å²) in [4.78, 5) is 4.25. The molecule has 1 aromatic heterocycles. The van der Waals surface area contributed by atoms with Crippen LogP contribution in [0.5, 0.6) is 5.75 Å². The lowest BCUT2D eigenvalue weighted by Crippen LogP contribution is -2.25. The Morgan fingerprint density at radius 3 is 2.75 bits per heavy atom. The summed E-state index contributed by atoms with van der Waals surface area (Å²) in [7, 11) is 0. The van der Waals surface area contributed by atoms with Crippen LogP contribution in [0.2, 0.25) is 0 Å². The van der Waals surface area contributed by atoms with Gasteiger partial charge in [-0.1, -0.05) is 24.3 Å². The number of aliphatic hydroxyl groups is 1. The molecule has 3 rings (SSSR count). The van der Waals surface area contributed by atoms with Gasteiger partial charge in [-0.2, -0.15) is 0 Å². The van der Waals surface area contributed by atoms with E-state index in [1.54, 1.807) is 6.20 Å². The van der Waals surface area contributed by atoms with Crippen LogP contribution in [0.25, 0.3) is 0 Å². The van der Waals surface area contributed by atoms with E-state index >= 15 is 0 Å². The van der Waals surface area contributed by atoms with Gasteiger partial charge in [0.2, 0.25) is 0 Å². The van der Waals surface area contributed by atoms with Crippen molar-refractivity contribution in [2.45, 2.75) is 38.9 Å². The standard InChI is InChI=1S/C17H19NO2/c1-11-7-8-13(10-18-11)15(19)14-6-4-5-12-9-17(2,3)20-16(12)14/h4-8,10,15,19H,9H2,1-3H3. The number of para-hydroxylation sites is 1. The van der Waals surface area contributed by atoms with Crippen molar-refractivity contribution < 1.29 is 9.84 Å². The molecule has 0 spiro atoms. The number of hydrogen-bond donors (Lipinski definition) is 1. The van der Waals surface area contributed by atoms with Crippen molar-refractivity contribution in [1.29, 1.82) is 0 Å². The molecule has 3 heteroatoms. The second kappa shape index (κ2) is 4.60. The summed E-state index contributed by atoms with van der Waals surface area (Å²) in [6.07, 6.45) is 1.89. The van der Waals surface area contributed by atoms with Crippen LogP contribution in [-0.4, -0.2) is 15.7 Å². The quantitative estimate of drug-likeness (QED) is 0.910. The predicted octanol–water partition coefficient (Wildman–Crippen LogP) is 3.19. The van der Waals surface area contributed by atoms with E-state index in [2.05, 4.69) is 24.9 Å². The van der Waals surface area contributed by atoms with E-state index in [0.29, 0.717) is 0 Å². The first-order valence-electron chi connectivity index (χ1n) is 6.88. The fourth-order valence-electron chi connectivity index (χ4n) is 2.68. The molecule has 0 saturated carbocycles. The molecule has 0 aliphatic carbocycles. The Hall–Kier alpha value is -1.87. The Morgan fingerprint density at radius 1 is 1.25 bits per heavy atom. The Bertz CT molecular complexity index is 632. The molecule has 0 bridgehead atoms. The molecule has 1 aliphatic heterocycles. The summed E-state index contributed by atoms with van der Waals surface area (Å²) in [5, 5.41) is 10.6.